The Hall–Kier alpha value is -1.55. The standard InChI is InChI=1S/C15H9Cl3N2O/c1-9(13-19-20-14(21-13)15(16,17)18)11-7-6-10-4-2-3-5-12(10)8-11/h2-8H,1H2. The van der Waals surface area contributed by atoms with E-state index in [0.29, 0.717) is 5.57 Å². The van der Waals surface area contributed by atoms with Crippen LogP contribution in [0.1, 0.15) is 17.3 Å². The summed E-state index contributed by atoms with van der Waals surface area (Å²) >= 11 is 17.1. The first-order valence-electron chi connectivity index (χ1n) is 6.04. The van der Waals surface area contributed by atoms with E-state index in [2.05, 4.69) is 16.8 Å². The first kappa shape index (κ1) is 14.4. The van der Waals surface area contributed by atoms with Gasteiger partial charge in [0, 0.05) is 5.57 Å². The molecule has 0 fully saturated rings. The Morgan fingerprint density at radius 3 is 2.38 bits per heavy atom. The van der Waals surface area contributed by atoms with Gasteiger partial charge in [-0.3, -0.25) is 0 Å². The SMILES string of the molecule is C=C(c1ccc2ccccc2c1)c1nnc(C(Cl)(Cl)Cl)o1. The summed E-state index contributed by atoms with van der Waals surface area (Å²) in [5.74, 6) is 0.149. The van der Waals surface area contributed by atoms with Gasteiger partial charge >= 0.3 is 0 Å². The maximum atomic E-state index is 5.71. The van der Waals surface area contributed by atoms with Crippen LogP contribution in [0.25, 0.3) is 16.3 Å². The second-order valence-electron chi connectivity index (χ2n) is 4.45. The molecule has 3 nitrogen and oxygen atoms in total. The van der Waals surface area contributed by atoms with Gasteiger partial charge in [0.1, 0.15) is 0 Å². The van der Waals surface area contributed by atoms with Crippen LogP contribution in [0.15, 0.2) is 53.5 Å². The number of halogens is 3. The molecule has 3 rings (SSSR count). The van der Waals surface area contributed by atoms with Gasteiger partial charge in [0.15, 0.2) is 0 Å². The lowest BCUT2D eigenvalue weighted by Crippen LogP contribution is -1.99. The largest absolute Gasteiger partial charge is 0.416 e. The van der Waals surface area contributed by atoms with Crippen molar-refractivity contribution in [1.29, 1.82) is 0 Å². The van der Waals surface area contributed by atoms with Crippen molar-refractivity contribution >= 4 is 51.1 Å². The zero-order valence-electron chi connectivity index (χ0n) is 10.7. The third-order valence-corrected chi connectivity index (χ3v) is 3.51. The van der Waals surface area contributed by atoms with Crippen LogP contribution >= 0.6 is 34.8 Å². The average Bonchev–Trinajstić information content (AvgIpc) is 2.96. The molecule has 21 heavy (non-hydrogen) atoms. The van der Waals surface area contributed by atoms with Crippen LogP contribution in [0.3, 0.4) is 0 Å². The van der Waals surface area contributed by atoms with Gasteiger partial charge in [0.05, 0.1) is 0 Å². The summed E-state index contributed by atoms with van der Waals surface area (Å²) in [6.45, 7) is 3.97. The number of alkyl halides is 3. The molecule has 0 N–H and O–H groups in total. The summed E-state index contributed by atoms with van der Waals surface area (Å²) in [4.78, 5) is 0. The molecule has 0 spiro atoms. The maximum absolute atomic E-state index is 5.71. The minimum atomic E-state index is -1.74. The average molecular weight is 340 g/mol. The molecular weight excluding hydrogens is 331 g/mol. The summed E-state index contributed by atoms with van der Waals surface area (Å²) < 4.78 is 3.62. The minimum Gasteiger partial charge on any atom is -0.416 e. The number of benzene rings is 2. The molecule has 0 saturated heterocycles. The van der Waals surface area contributed by atoms with Crippen LogP contribution in [0, 0.1) is 0 Å². The van der Waals surface area contributed by atoms with Crippen LogP contribution < -0.4 is 0 Å². The summed E-state index contributed by atoms with van der Waals surface area (Å²) in [7, 11) is 0. The fraction of sp³-hybridized carbons (Fsp3) is 0.0667. The normalized spacial score (nSPS) is 11.8. The van der Waals surface area contributed by atoms with Gasteiger partial charge in [-0.1, -0.05) is 77.8 Å². The molecule has 3 aromatic rings. The van der Waals surface area contributed by atoms with Crippen LogP contribution in [-0.2, 0) is 3.79 Å². The lowest BCUT2D eigenvalue weighted by Gasteiger charge is -2.05. The van der Waals surface area contributed by atoms with Gasteiger partial charge < -0.3 is 4.42 Å². The molecule has 0 atom stereocenters. The molecule has 0 amide bonds. The van der Waals surface area contributed by atoms with Crippen molar-refractivity contribution in [3.05, 3.63) is 66.4 Å². The molecule has 0 radical (unpaired) electrons. The highest BCUT2D eigenvalue weighted by Crippen LogP contribution is 2.38. The van der Waals surface area contributed by atoms with Gasteiger partial charge in [-0.05, 0) is 22.4 Å². The molecule has 2 aromatic carbocycles. The number of rotatable bonds is 2. The van der Waals surface area contributed by atoms with Gasteiger partial charge in [0.2, 0.25) is 5.89 Å². The van der Waals surface area contributed by atoms with Crippen LogP contribution in [0.4, 0.5) is 0 Å². The maximum Gasteiger partial charge on any atom is 0.268 e. The number of aromatic nitrogens is 2. The first-order valence-corrected chi connectivity index (χ1v) is 7.18. The highest BCUT2D eigenvalue weighted by Gasteiger charge is 2.30. The van der Waals surface area contributed by atoms with Crippen molar-refractivity contribution < 1.29 is 4.42 Å². The summed E-state index contributed by atoms with van der Waals surface area (Å²) in [6.07, 6.45) is 0. The number of fused-ring (bicyclic) bond motifs is 1. The van der Waals surface area contributed by atoms with E-state index in [9.17, 15) is 0 Å². The third kappa shape index (κ3) is 2.91. The second kappa shape index (κ2) is 5.34. The van der Waals surface area contributed by atoms with Crippen molar-refractivity contribution in [2.24, 2.45) is 0 Å². The molecular formula is C15H9Cl3N2O. The highest BCUT2D eigenvalue weighted by atomic mass is 35.6. The zero-order chi connectivity index (χ0) is 15.0. The van der Waals surface area contributed by atoms with Crippen molar-refractivity contribution in [2.75, 3.05) is 0 Å². The Labute approximate surface area is 136 Å². The third-order valence-electron chi connectivity index (χ3n) is 3.02. The Kier molecular flexibility index (Phi) is 3.66. The zero-order valence-corrected chi connectivity index (χ0v) is 13.0. The van der Waals surface area contributed by atoms with E-state index in [-0.39, 0.29) is 11.8 Å². The molecule has 0 aliphatic rings. The van der Waals surface area contributed by atoms with Gasteiger partial charge in [-0.2, -0.15) is 0 Å². The topological polar surface area (TPSA) is 38.9 Å². The van der Waals surface area contributed by atoms with E-state index < -0.39 is 3.79 Å². The Morgan fingerprint density at radius 1 is 1.00 bits per heavy atom. The fourth-order valence-electron chi connectivity index (χ4n) is 1.96. The Morgan fingerprint density at radius 2 is 1.71 bits per heavy atom. The number of hydrogen-bond acceptors (Lipinski definition) is 3. The molecule has 6 heteroatoms. The van der Waals surface area contributed by atoms with Crippen LogP contribution in [-0.4, -0.2) is 10.2 Å². The van der Waals surface area contributed by atoms with Crippen molar-refractivity contribution in [1.82, 2.24) is 10.2 Å². The van der Waals surface area contributed by atoms with E-state index >= 15 is 0 Å². The lowest BCUT2D eigenvalue weighted by molar-refractivity contribution is 0.490. The smallest absolute Gasteiger partial charge is 0.268 e. The monoisotopic (exact) mass is 338 g/mol. The summed E-state index contributed by atoms with van der Waals surface area (Å²) in [5.41, 5.74) is 1.45. The van der Waals surface area contributed by atoms with E-state index in [4.69, 9.17) is 39.2 Å². The van der Waals surface area contributed by atoms with Crippen molar-refractivity contribution in [2.45, 2.75) is 3.79 Å². The molecule has 0 saturated carbocycles. The van der Waals surface area contributed by atoms with E-state index in [1.165, 1.54) is 0 Å². The second-order valence-corrected chi connectivity index (χ2v) is 6.73. The van der Waals surface area contributed by atoms with Crippen molar-refractivity contribution in [3.8, 4) is 0 Å². The Bertz CT molecular complexity index is 821. The van der Waals surface area contributed by atoms with Gasteiger partial charge in [-0.15, -0.1) is 10.2 Å². The molecule has 106 valence electrons. The van der Waals surface area contributed by atoms with Crippen molar-refractivity contribution in [3.63, 3.8) is 0 Å². The summed E-state index contributed by atoms with van der Waals surface area (Å²) in [6, 6.07) is 14.0. The molecule has 0 aliphatic heterocycles. The number of hydrogen-bond donors (Lipinski definition) is 0. The van der Waals surface area contributed by atoms with Gasteiger partial charge in [-0.25, -0.2) is 0 Å². The van der Waals surface area contributed by atoms with E-state index in [0.717, 1.165) is 16.3 Å². The number of nitrogens with zero attached hydrogens (tertiary/aromatic N) is 2. The molecule has 0 unspecified atom stereocenters. The molecule has 1 aromatic heterocycles. The predicted molar refractivity (Wildman–Crippen MR) is 85.6 cm³/mol. The molecule has 0 bridgehead atoms. The predicted octanol–water partition coefficient (Wildman–Crippen LogP) is 5.11. The quantitative estimate of drug-likeness (QED) is 0.609. The summed E-state index contributed by atoms with van der Waals surface area (Å²) in [5, 5.41) is 9.83. The molecule has 1 heterocycles. The van der Waals surface area contributed by atoms with E-state index in [1.807, 2.05) is 42.5 Å². The Balaban J connectivity index is 1.98. The minimum absolute atomic E-state index is 0.0792. The fourth-order valence-corrected chi connectivity index (χ4v) is 2.19. The van der Waals surface area contributed by atoms with Crippen LogP contribution in [0.5, 0.6) is 0 Å². The van der Waals surface area contributed by atoms with Crippen LogP contribution in [0.2, 0.25) is 0 Å². The highest BCUT2D eigenvalue weighted by molar-refractivity contribution is 6.66. The first-order chi connectivity index (χ1) is 9.95. The lowest BCUT2D eigenvalue weighted by atomic mass is 10.0. The van der Waals surface area contributed by atoms with Gasteiger partial charge in [0.25, 0.3) is 9.68 Å². The van der Waals surface area contributed by atoms with E-state index in [1.54, 1.807) is 0 Å². The molecule has 0 aliphatic carbocycles.